The zero-order chi connectivity index (χ0) is 21.8. The lowest BCUT2D eigenvalue weighted by Gasteiger charge is -2.34. The van der Waals surface area contributed by atoms with Crippen molar-refractivity contribution < 1.29 is 14.3 Å². The summed E-state index contributed by atoms with van der Waals surface area (Å²) in [6, 6.07) is 18.3. The van der Waals surface area contributed by atoms with E-state index >= 15 is 0 Å². The lowest BCUT2D eigenvalue weighted by atomic mass is 9.91. The minimum Gasteiger partial charge on any atom is -0.494 e. The molecule has 3 aliphatic rings. The highest BCUT2D eigenvalue weighted by Gasteiger charge is 2.43. The van der Waals surface area contributed by atoms with Gasteiger partial charge in [-0.2, -0.15) is 0 Å². The maximum absolute atomic E-state index is 12.8. The van der Waals surface area contributed by atoms with Gasteiger partial charge < -0.3 is 19.7 Å². The Kier molecular flexibility index (Phi) is 6.39. The minimum absolute atomic E-state index is 0.0573. The van der Waals surface area contributed by atoms with Gasteiger partial charge in [0.15, 0.2) is 0 Å². The predicted octanol–water partition coefficient (Wildman–Crippen LogP) is 2.27. The fourth-order valence-corrected chi connectivity index (χ4v) is 4.63. The van der Waals surface area contributed by atoms with Crippen LogP contribution in [0.3, 0.4) is 0 Å². The summed E-state index contributed by atoms with van der Waals surface area (Å²) < 4.78 is 11.3. The Hall–Kier alpha value is -2.87. The first-order chi connectivity index (χ1) is 15.8. The SMILES string of the molecule is O=C1NCNC2C1C(c1ccc(OCCCN3CCOCC3)cc1)=CN2c1ccccc1. The largest absolute Gasteiger partial charge is 0.494 e. The average Bonchev–Trinajstić information content (AvgIpc) is 3.25. The number of para-hydroxylation sites is 1. The van der Waals surface area contributed by atoms with E-state index in [1.54, 1.807) is 0 Å². The number of ether oxygens (including phenoxy) is 2. The molecule has 32 heavy (non-hydrogen) atoms. The fraction of sp³-hybridized carbons (Fsp3) is 0.400. The summed E-state index contributed by atoms with van der Waals surface area (Å²) in [6.07, 6.45) is 3.01. The van der Waals surface area contributed by atoms with Gasteiger partial charge in [0.1, 0.15) is 11.9 Å². The summed E-state index contributed by atoms with van der Waals surface area (Å²) in [5, 5.41) is 6.38. The van der Waals surface area contributed by atoms with Gasteiger partial charge in [-0.15, -0.1) is 0 Å². The molecule has 0 saturated carbocycles. The first-order valence-electron chi connectivity index (χ1n) is 11.4. The first-order valence-corrected chi connectivity index (χ1v) is 11.4. The van der Waals surface area contributed by atoms with Gasteiger partial charge in [0, 0.05) is 31.5 Å². The molecular formula is C25H30N4O3. The molecular weight excluding hydrogens is 404 g/mol. The standard InChI is InChI=1S/C25H30N4O3/c30-25-23-22(17-29(24(23)26-18-27-25)20-5-2-1-3-6-20)19-7-9-21(10-8-19)32-14-4-11-28-12-15-31-16-13-28/h1-3,5-10,17,23-24,26H,4,11-16,18H2,(H,27,30). The maximum atomic E-state index is 12.8. The van der Waals surface area contributed by atoms with Crippen LogP contribution in [0.5, 0.6) is 5.75 Å². The molecule has 0 aromatic heterocycles. The Bertz CT molecular complexity index is 941. The summed E-state index contributed by atoms with van der Waals surface area (Å²) in [5.41, 5.74) is 3.13. The molecule has 2 aromatic rings. The zero-order valence-electron chi connectivity index (χ0n) is 18.2. The highest BCUT2D eigenvalue weighted by atomic mass is 16.5. The molecule has 2 fully saturated rings. The average molecular weight is 435 g/mol. The number of nitrogens with zero attached hydrogens (tertiary/aromatic N) is 2. The van der Waals surface area contributed by atoms with Crippen LogP contribution in [0.15, 0.2) is 60.8 Å². The van der Waals surface area contributed by atoms with Gasteiger partial charge in [-0.1, -0.05) is 30.3 Å². The molecule has 2 atom stereocenters. The number of nitrogens with one attached hydrogen (secondary N) is 2. The molecule has 0 radical (unpaired) electrons. The van der Waals surface area contributed by atoms with E-state index in [0.29, 0.717) is 13.3 Å². The summed E-state index contributed by atoms with van der Waals surface area (Å²) in [7, 11) is 0. The van der Waals surface area contributed by atoms with Crippen molar-refractivity contribution in [2.45, 2.75) is 12.6 Å². The van der Waals surface area contributed by atoms with E-state index in [2.05, 4.69) is 50.9 Å². The van der Waals surface area contributed by atoms with E-state index in [0.717, 1.165) is 61.8 Å². The van der Waals surface area contributed by atoms with Crippen LogP contribution in [-0.4, -0.2) is 63.1 Å². The lowest BCUT2D eigenvalue weighted by Crippen LogP contribution is -2.58. The van der Waals surface area contributed by atoms with Crippen molar-refractivity contribution in [1.82, 2.24) is 15.5 Å². The number of anilines is 1. The number of amides is 1. The Balaban J connectivity index is 1.25. The van der Waals surface area contributed by atoms with E-state index in [1.807, 2.05) is 30.3 Å². The molecule has 2 aromatic carbocycles. The second-order valence-electron chi connectivity index (χ2n) is 8.35. The molecule has 2 N–H and O–H groups in total. The predicted molar refractivity (Wildman–Crippen MR) is 124 cm³/mol. The van der Waals surface area contributed by atoms with Gasteiger partial charge in [-0.3, -0.25) is 15.0 Å². The van der Waals surface area contributed by atoms with Crippen LogP contribution in [0.4, 0.5) is 5.69 Å². The van der Waals surface area contributed by atoms with Crippen LogP contribution < -0.4 is 20.3 Å². The van der Waals surface area contributed by atoms with E-state index in [9.17, 15) is 4.79 Å². The van der Waals surface area contributed by atoms with Crippen LogP contribution >= 0.6 is 0 Å². The number of fused-ring (bicyclic) bond motifs is 1. The molecule has 0 spiro atoms. The van der Waals surface area contributed by atoms with Gasteiger partial charge in [-0.05, 0) is 41.8 Å². The lowest BCUT2D eigenvalue weighted by molar-refractivity contribution is -0.125. The number of hydrogen-bond acceptors (Lipinski definition) is 6. The van der Waals surface area contributed by atoms with Crippen molar-refractivity contribution in [3.63, 3.8) is 0 Å². The molecule has 2 unspecified atom stereocenters. The molecule has 1 amide bonds. The second-order valence-corrected chi connectivity index (χ2v) is 8.35. The van der Waals surface area contributed by atoms with Crippen LogP contribution in [0, 0.1) is 5.92 Å². The van der Waals surface area contributed by atoms with Crippen LogP contribution in [0.1, 0.15) is 12.0 Å². The van der Waals surface area contributed by atoms with E-state index in [-0.39, 0.29) is 18.0 Å². The Morgan fingerprint density at radius 3 is 2.59 bits per heavy atom. The molecule has 0 bridgehead atoms. The van der Waals surface area contributed by atoms with Gasteiger partial charge in [-0.25, -0.2) is 0 Å². The van der Waals surface area contributed by atoms with E-state index in [4.69, 9.17) is 9.47 Å². The van der Waals surface area contributed by atoms with Crippen LogP contribution in [-0.2, 0) is 9.53 Å². The summed E-state index contributed by atoms with van der Waals surface area (Å²) >= 11 is 0. The van der Waals surface area contributed by atoms with Gasteiger partial charge in [0.05, 0.1) is 32.4 Å². The van der Waals surface area contributed by atoms with Crippen molar-refractivity contribution in [1.29, 1.82) is 0 Å². The number of carbonyl (C=O) groups is 1. The molecule has 3 aliphatic heterocycles. The van der Waals surface area contributed by atoms with Crippen LogP contribution in [0.25, 0.3) is 5.57 Å². The fourth-order valence-electron chi connectivity index (χ4n) is 4.63. The van der Waals surface area contributed by atoms with Crippen LogP contribution in [0.2, 0.25) is 0 Å². The molecule has 168 valence electrons. The zero-order valence-corrected chi connectivity index (χ0v) is 18.2. The monoisotopic (exact) mass is 434 g/mol. The molecule has 0 aliphatic carbocycles. The van der Waals surface area contributed by atoms with Crippen molar-refractivity contribution in [2.24, 2.45) is 5.92 Å². The smallest absolute Gasteiger partial charge is 0.232 e. The summed E-state index contributed by atoms with van der Waals surface area (Å²) in [6.45, 7) is 5.88. The minimum atomic E-state index is -0.260. The highest BCUT2D eigenvalue weighted by Crippen LogP contribution is 2.38. The summed E-state index contributed by atoms with van der Waals surface area (Å²) in [5.74, 6) is 0.656. The van der Waals surface area contributed by atoms with Crippen molar-refractivity contribution in [2.75, 3.05) is 51.0 Å². The Labute approximate surface area is 189 Å². The Morgan fingerprint density at radius 1 is 1.03 bits per heavy atom. The van der Waals surface area contributed by atoms with Crippen molar-refractivity contribution in [3.8, 4) is 5.75 Å². The number of carbonyl (C=O) groups excluding carboxylic acids is 1. The molecule has 3 heterocycles. The third-order valence-electron chi connectivity index (χ3n) is 6.32. The quantitative estimate of drug-likeness (QED) is 0.652. The van der Waals surface area contributed by atoms with E-state index in [1.165, 1.54) is 0 Å². The van der Waals surface area contributed by atoms with Gasteiger partial charge >= 0.3 is 0 Å². The Morgan fingerprint density at radius 2 is 1.81 bits per heavy atom. The van der Waals surface area contributed by atoms with Crippen molar-refractivity contribution in [3.05, 3.63) is 66.4 Å². The topological polar surface area (TPSA) is 66.1 Å². The maximum Gasteiger partial charge on any atom is 0.232 e. The second kappa shape index (κ2) is 9.73. The first kappa shape index (κ1) is 21.0. The number of hydrogen-bond donors (Lipinski definition) is 2. The van der Waals surface area contributed by atoms with Gasteiger partial charge in [0.2, 0.25) is 5.91 Å². The normalized spacial score (nSPS) is 23.4. The highest BCUT2D eigenvalue weighted by molar-refractivity contribution is 5.96. The number of benzene rings is 2. The molecule has 2 saturated heterocycles. The third-order valence-corrected chi connectivity index (χ3v) is 6.32. The number of rotatable bonds is 7. The molecule has 7 nitrogen and oxygen atoms in total. The van der Waals surface area contributed by atoms with Crippen molar-refractivity contribution >= 4 is 17.2 Å². The number of morpholine rings is 1. The molecule has 5 rings (SSSR count). The molecule has 7 heteroatoms. The van der Waals surface area contributed by atoms with Gasteiger partial charge in [0.25, 0.3) is 0 Å². The third kappa shape index (κ3) is 4.50. The van der Waals surface area contributed by atoms with E-state index < -0.39 is 0 Å². The summed E-state index contributed by atoms with van der Waals surface area (Å²) in [4.78, 5) is 17.3.